The van der Waals surface area contributed by atoms with E-state index in [9.17, 15) is 19.7 Å². The summed E-state index contributed by atoms with van der Waals surface area (Å²) < 4.78 is 6.13. The van der Waals surface area contributed by atoms with Crippen molar-refractivity contribution in [1.82, 2.24) is 20.9 Å². The number of nitro benzene ring substituents is 1. The molecule has 3 aliphatic rings. The fourth-order valence-electron chi connectivity index (χ4n) is 5.73. The average molecular weight is 599 g/mol. The van der Waals surface area contributed by atoms with Gasteiger partial charge in [0.25, 0.3) is 17.5 Å². The summed E-state index contributed by atoms with van der Waals surface area (Å²) in [6.45, 7) is 0.0754. The van der Waals surface area contributed by atoms with Gasteiger partial charge in [-0.15, -0.1) is 11.8 Å². The number of para-hydroxylation sites is 1. The van der Waals surface area contributed by atoms with E-state index in [1.807, 2.05) is 54.6 Å². The van der Waals surface area contributed by atoms with E-state index in [1.165, 1.54) is 28.9 Å². The first kappa shape index (κ1) is 26.2. The van der Waals surface area contributed by atoms with Gasteiger partial charge in [0.2, 0.25) is 4.87 Å². The molecule has 2 amide bonds. The van der Waals surface area contributed by atoms with Gasteiger partial charge in [0.1, 0.15) is 5.75 Å². The van der Waals surface area contributed by atoms with E-state index in [0.29, 0.717) is 17.0 Å². The summed E-state index contributed by atoms with van der Waals surface area (Å²) in [6.07, 6.45) is 0. The number of carbonyl (C=O) groups is 2. The second-order valence-corrected chi connectivity index (χ2v) is 11.5. The number of rotatable bonds is 4. The zero-order valence-electron chi connectivity index (χ0n) is 21.8. The lowest BCUT2D eigenvalue weighted by Crippen LogP contribution is -2.60. The number of non-ortho nitro benzene ring substituents is 1. The maximum atomic E-state index is 13.2. The molecule has 1 saturated heterocycles. The van der Waals surface area contributed by atoms with Gasteiger partial charge in [0.15, 0.2) is 11.8 Å². The predicted octanol–water partition coefficient (Wildman–Crippen LogP) is 4.16. The fourth-order valence-corrected chi connectivity index (χ4v) is 7.19. The monoisotopic (exact) mass is 598 g/mol. The smallest absolute Gasteiger partial charge is 0.269 e. The Morgan fingerprint density at radius 1 is 1.02 bits per heavy atom. The molecule has 42 heavy (non-hydrogen) atoms. The van der Waals surface area contributed by atoms with Crippen LogP contribution in [0.5, 0.6) is 5.75 Å². The summed E-state index contributed by atoms with van der Waals surface area (Å²) in [5.74, 6) is 0.141. The zero-order chi connectivity index (χ0) is 29.0. The van der Waals surface area contributed by atoms with Gasteiger partial charge in [-0.05, 0) is 40.7 Å². The number of nitrogens with one attached hydrogen (secondary N) is 3. The molecule has 210 valence electrons. The molecule has 3 aliphatic heterocycles. The van der Waals surface area contributed by atoms with Gasteiger partial charge in [-0.3, -0.25) is 30.6 Å². The minimum atomic E-state index is -1.31. The van der Waals surface area contributed by atoms with E-state index in [0.717, 1.165) is 21.9 Å². The zero-order valence-corrected chi connectivity index (χ0v) is 23.4. The molecule has 3 N–H and O–H groups in total. The number of benzene rings is 4. The van der Waals surface area contributed by atoms with Crippen molar-refractivity contribution in [2.24, 2.45) is 0 Å². The number of hydrogen-bond donors (Lipinski definition) is 3. The summed E-state index contributed by atoms with van der Waals surface area (Å²) in [5, 5.41) is 19.3. The van der Waals surface area contributed by atoms with Gasteiger partial charge in [-0.2, -0.15) is 5.01 Å². The van der Waals surface area contributed by atoms with E-state index < -0.39 is 15.8 Å². The standard InChI is InChI=1S/C29H22N6O5S2/c36-24-15-42-29(21-7-3-4-8-22(21)30-27(29)37)34(24)32-28(41)31-33-16-40-23-14-11-17-5-1-2-6-20(17)25(23)26(33)18-9-12-19(13-10-18)35(38)39/h1-14,26H,15-16H2,(H,30,37)(H2,31,32,41). The Hall–Kier alpha value is -4.72. The van der Waals surface area contributed by atoms with Gasteiger partial charge < -0.3 is 10.1 Å². The molecule has 4 aromatic carbocycles. The van der Waals surface area contributed by atoms with Crippen molar-refractivity contribution in [2.75, 3.05) is 17.8 Å². The highest BCUT2D eigenvalue weighted by molar-refractivity contribution is 8.02. The maximum absolute atomic E-state index is 13.2. The van der Waals surface area contributed by atoms with Crippen LogP contribution in [0.3, 0.4) is 0 Å². The number of hydrogen-bond acceptors (Lipinski definition) is 8. The number of carbonyl (C=O) groups excluding carboxylic acids is 2. The third-order valence-electron chi connectivity index (χ3n) is 7.57. The topological polar surface area (TPSA) is 129 Å². The Kier molecular flexibility index (Phi) is 6.22. The number of thioether (sulfide) groups is 1. The van der Waals surface area contributed by atoms with E-state index in [4.69, 9.17) is 17.0 Å². The van der Waals surface area contributed by atoms with Crippen molar-refractivity contribution in [1.29, 1.82) is 0 Å². The van der Waals surface area contributed by atoms with E-state index in [2.05, 4.69) is 16.2 Å². The number of hydrazine groups is 2. The van der Waals surface area contributed by atoms with Crippen LogP contribution in [0, 0.1) is 10.1 Å². The fraction of sp³-hybridized carbons (Fsp3) is 0.138. The quantitative estimate of drug-likeness (QED) is 0.179. The van der Waals surface area contributed by atoms with Crippen molar-refractivity contribution in [3.63, 3.8) is 0 Å². The normalized spacial score (nSPS) is 21.0. The van der Waals surface area contributed by atoms with Gasteiger partial charge in [0, 0.05) is 28.9 Å². The van der Waals surface area contributed by atoms with Crippen LogP contribution in [0.2, 0.25) is 0 Å². The third-order valence-corrected chi connectivity index (χ3v) is 9.15. The third kappa shape index (κ3) is 4.04. The van der Waals surface area contributed by atoms with Crippen LogP contribution >= 0.6 is 24.0 Å². The molecule has 1 fully saturated rings. The van der Waals surface area contributed by atoms with Crippen LogP contribution in [-0.2, 0) is 14.5 Å². The van der Waals surface area contributed by atoms with Crippen LogP contribution in [0.25, 0.3) is 10.8 Å². The largest absolute Gasteiger partial charge is 0.476 e. The van der Waals surface area contributed by atoms with Crippen molar-refractivity contribution in [3.8, 4) is 5.75 Å². The number of nitrogens with zero attached hydrogens (tertiary/aromatic N) is 3. The highest BCUT2D eigenvalue weighted by Gasteiger charge is 2.58. The number of nitro groups is 1. The molecule has 0 aromatic heterocycles. The van der Waals surface area contributed by atoms with Crippen LogP contribution < -0.4 is 20.9 Å². The second-order valence-electron chi connectivity index (χ2n) is 9.91. The summed E-state index contributed by atoms with van der Waals surface area (Å²) in [7, 11) is 0. The number of anilines is 1. The summed E-state index contributed by atoms with van der Waals surface area (Å²) in [5.41, 5.74) is 9.05. The molecular weight excluding hydrogens is 576 g/mol. The van der Waals surface area contributed by atoms with Crippen molar-refractivity contribution >= 4 is 63.1 Å². The number of thiocarbonyl (C=S) groups is 1. The number of fused-ring (bicyclic) bond motifs is 5. The van der Waals surface area contributed by atoms with Crippen molar-refractivity contribution < 1.29 is 19.2 Å². The van der Waals surface area contributed by atoms with Crippen LogP contribution in [0.4, 0.5) is 11.4 Å². The summed E-state index contributed by atoms with van der Waals surface area (Å²) in [6, 6.07) is 24.9. The lowest BCUT2D eigenvalue weighted by molar-refractivity contribution is -0.384. The van der Waals surface area contributed by atoms with Gasteiger partial charge in [-0.25, -0.2) is 5.01 Å². The molecule has 0 saturated carbocycles. The maximum Gasteiger partial charge on any atom is 0.269 e. The molecule has 3 heterocycles. The highest BCUT2D eigenvalue weighted by atomic mass is 32.2. The summed E-state index contributed by atoms with van der Waals surface area (Å²) >= 11 is 6.91. The number of amides is 2. The predicted molar refractivity (Wildman–Crippen MR) is 161 cm³/mol. The summed E-state index contributed by atoms with van der Waals surface area (Å²) in [4.78, 5) is 35.9. The first-order valence-electron chi connectivity index (χ1n) is 13.0. The Morgan fingerprint density at radius 2 is 1.79 bits per heavy atom. The minimum absolute atomic E-state index is 0.0221. The van der Waals surface area contributed by atoms with E-state index in [1.54, 1.807) is 23.2 Å². The molecule has 2 unspecified atom stereocenters. The van der Waals surface area contributed by atoms with Crippen LogP contribution in [-0.4, -0.2) is 44.4 Å². The lowest BCUT2D eigenvalue weighted by Gasteiger charge is -2.39. The van der Waals surface area contributed by atoms with Gasteiger partial charge in [-0.1, -0.05) is 60.7 Å². The Morgan fingerprint density at radius 3 is 2.60 bits per heavy atom. The molecule has 13 heteroatoms. The second kappa shape index (κ2) is 9.98. The molecule has 0 aliphatic carbocycles. The molecule has 0 bridgehead atoms. The van der Waals surface area contributed by atoms with E-state index in [-0.39, 0.29) is 35.1 Å². The lowest BCUT2D eigenvalue weighted by atomic mass is 9.91. The van der Waals surface area contributed by atoms with Gasteiger partial charge >= 0.3 is 0 Å². The van der Waals surface area contributed by atoms with Crippen molar-refractivity contribution in [3.05, 3.63) is 112 Å². The van der Waals surface area contributed by atoms with Crippen LogP contribution in [0.1, 0.15) is 22.7 Å². The average Bonchev–Trinajstić information content (AvgIpc) is 3.48. The molecule has 11 nitrogen and oxygen atoms in total. The Labute approximate surface area is 248 Å². The molecule has 2 atom stereocenters. The molecule has 7 rings (SSSR count). The minimum Gasteiger partial charge on any atom is -0.476 e. The van der Waals surface area contributed by atoms with E-state index >= 15 is 0 Å². The van der Waals surface area contributed by atoms with Crippen LogP contribution in [0.15, 0.2) is 84.9 Å². The first-order chi connectivity index (χ1) is 20.4. The molecule has 4 aromatic rings. The Bertz CT molecular complexity index is 1800. The Balaban J connectivity index is 1.23. The van der Waals surface area contributed by atoms with Gasteiger partial charge in [0.05, 0.1) is 16.7 Å². The SMILES string of the molecule is O=C1CSC2(C(=O)Nc3ccccc32)N1NC(=S)NN1COc2ccc3ccccc3c2C1c1ccc([N+](=O)[O-])cc1. The van der Waals surface area contributed by atoms with Crippen molar-refractivity contribution in [2.45, 2.75) is 10.9 Å². The number of ether oxygens (including phenoxy) is 1. The highest BCUT2D eigenvalue weighted by Crippen LogP contribution is 2.51. The first-order valence-corrected chi connectivity index (χ1v) is 14.4. The molecule has 1 spiro atoms. The molecule has 0 radical (unpaired) electrons. The molecular formula is C29H22N6O5S2.